The predicted molar refractivity (Wildman–Crippen MR) is 83.6 cm³/mol. The highest BCUT2D eigenvalue weighted by molar-refractivity contribution is 7.89. The lowest BCUT2D eigenvalue weighted by Gasteiger charge is -2.35. The summed E-state index contributed by atoms with van der Waals surface area (Å²) in [4.78, 5) is 0.326. The van der Waals surface area contributed by atoms with Crippen molar-refractivity contribution in [2.45, 2.75) is 50.5 Å². The summed E-state index contributed by atoms with van der Waals surface area (Å²) in [6.45, 7) is 4.07. The van der Waals surface area contributed by atoms with Gasteiger partial charge in [-0.05, 0) is 50.3 Å². The van der Waals surface area contributed by atoms with E-state index in [2.05, 4.69) is 0 Å². The first-order chi connectivity index (χ1) is 9.89. The molecular weight excluding hydrogens is 288 g/mol. The average Bonchev–Trinajstić information content (AvgIpc) is 2.44. The molecule has 0 saturated carbocycles. The van der Waals surface area contributed by atoms with Crippen molar-refractivity contribution in [1.82, 2.24) is 4.31 Å². The number of anilines is 1. The Balaban J connectivity index is 2.48. The van der Waals surface area contributed by atoms with E-state index in [1.807, 2.05) is 0 Å². The number of hydrogen-bond donors (Lipinski definition) is 2. The molecule has 6 heteroatoms. The van der Waals surface area contributed by atoms with Crippen LogP contribution in [-0.2, 0) is 10.0 Å². The van der Waals surface area contributed by atoms with E-state index in [4.69, 9.17) is 5.73 Å². The molecular formula is C15H24N2O3S. The van der Waals surface area contributed by atoms with Gasteiger partial charge in [0.15, 0.2) is 0 Å². The molecule has 0 aromatic heterocycles. The van der Waals surface area contributed by atoms with E-state index >= 15 is 0 Å². The van der Waals surface area contributed by atoms with Gasteiger partial charge < -0.3 is 10.8 Å². The van der Waals surface area contributed by atoms with Crippen LogP contribution in [0.2, 0.25) is 0 Å². The molecule has 21 heavy (non-hydrogen) atoms. The van der Waals surface area contributed by atoms with Crippen molar-refractivity contribution >= 4 is 15.7 Å². The second kappa shape index (κ2) is 6.34. The quantitative estimate of drug-likeness (QED) is 0.831. The summed E-state index contributed by atoms with van der Waals surface area (Å²) in [5, 5.41) is 9.18. The summed E-state index contributed by atoms with van der Waals surface area (Å²) in [7, 11) is -3.58. The molecule has 1 fully saturated rings. The number of piperidine rings is 1. The minimum absolute atomic E-state index is 0.00554. The number of aryl methyl sites for hydroxylation is 1. The number of sulfonamides is 1. The maximum Gasteiger partial charge on any atom is 0.243 e. The third-order valence-electron chi connectivity index (χ3n) is 4.25. The van der Waals surface area contributed by atoms with Crippen molar-refractivity contribution in [2.24, 2.45) is 0 Å². The summed E-state index contributed by atoms with van der Waals surface area (Å²) in [6, 6.07) is 3.37. The highest BCUT2D eigenvalue weighted by Gasteiger charge is 2.35. The van der Waals surface area contributed by atoms with Crippen molar-refractivity contribution in [3.63, 3.8) is 0 Å². The van der Waals surface area contributed by atoms with E-state index in [0.717, 1.165) is 24.8 Å². The van der Waals surface area contributed by atoms with Gasteiger partial charge in [-0.2, -0.15) is 4.31 Å². The van der Waals surface area contributed by atoms with Crippen LogP contribution in [0.15, 0.2) is 17.0 Å². The van der Waals surface area contributed by atoms with Crippen molar-refractivity contribution in [1.29, 1.82) is 0 Å². The second-order valence-corrected chi connectivity index (χ2v) is 7.53. The Labute approximate surface area is 126 Å². The van der Waals surface area contributed by atoms with Crippen molar-refractivity contribution in [3.05, 3.63) is 23.3 Å². The van der Waals surface area contributed by atoms with Gasteiger partial charge in [-0.1, -0.05) is 12.5 Å². The first kappa shape index (κ1) is 16.3. The molecule has 1 aliphatic heterocycles. The van der Waals surface area contributed by atoms with Crippen LogP contribution in [0.3, 0.4) is 0 Å². The molecule has 1 aromatic rings. The number of nitrogens with zero attached hydrogens (tertiary/aromatic N) is 1. The van der Waals surface area contributed by atoms with E-state index in [1.165, 1.54) is 0 Å². The number of nitrogen functional groups attached to an aromatic ring is 1. The summed E-state index contributed by atoms with van der Waals surface area (Å²) in [6.07, 6.45) is 3.16. The fourth-order valence-electron chi connectivity index (χ4n) is 3.08. The van der Waals surface area contributed by atoms with E-state index in [-0.39, 0.29) is 12.6 Å². The lowest BCUT2D eigenvalue weighted by Crippen LogP contribution is -2.44. The Kier molecular flexibility index (Phi) is 4.91. The van der Waals surface area contributed by atoms with Crippen LogP contribution in [0.25, 0.3) is 0 Å². The standard InChI is InChI=1S/C15H24N2O3S/c1-11-6-7-14(16)12(2)15(11)21(19,20)17-9-4-3-5-13(17)8-10-18/h6-7,13,18H,3-5,8-10,16H2,1-2H3. The van der Waals surface area contributed by atoms with Crippen LogP contribution in [0.4, 0.5) is 5.69 Å². The normalized spacial score (nSPS) is 20.6. The molecule has 0 bridgehead atoms. The molecule has 0 amide bonds. The van der Waals surface area contributed by atoms with Crippen LogP contribution in [-0.4, -0.2) is 37.0 Å². The third-order valence-corrected chi connectivity index (χ3v) is 6.49. The van der Waals surface area contributed by atoms with Crippen LogP contribution in [0.5, 0.6) is 0 Å². The predicted octanol–water partition coefficient (Wildman–Crippen LogP) is 1.81. The van der Waals surface area contributed by atoms with Gasteiger partial charge in [0.25, 0.3) is 0 Å². The first-order valence-electron chi connectivity index (χ1n) is 7.38. The second-order valence-electron chi connectivity index (χ2n) is 5.70. The van der Waals surface area contributed by atoms with E-state index in [1.54, 1.807) is 30.3 Å². The third kappa shape index (κ3) is 3.07. The van der Waals surface area contributed by atoms with E-state index in [0.29, 0.717) is 29.1 Å². The number of nitrogens with two attached hydrogens (primary N) is 1. The van der Waals surface area contributed by atoms with E-state index < -0.39 is 10.0 Å². The molecule has 1 saturated heterocycles. The van der Waals surface area contributed by atoms with Gasteiger partial charge in [0.2, 0.25) is 10.0 Å². The Bertz CT molecular complexity index is 612. The summed E-state index contributed by atoms with van der Waals surface area (Å²) < 4.78 is 27.7. The monoisotopic (exact) mass is 312 g/mol. The average molecular weight is 312 g/mol. The lowest BCUT2D eigenvalue weighted by atomic mass is 10.0. The summed E-state index contributed by atoms with van der Waals surface area (Å²) >= 11 is 0. The Morgan fingerprint density at radius 2 is 2.05 bits per heavy atom. The lowest BCUT2D eigenvalue weighted by molar-refractivity contribution is 0.192. The first-order valence-corrected chi connectivity index (χ1v) is 8.82. The number of benzene rings is 1. The number of aliphatic hydroxyl groups is 1. The van der Waals surface area contributed by atoms with Crippen LogP contribution >= 0.6 is 0 Å². The Morgan fingerprint density at radius 1 is 1.33 bits per heavy atom. The van der Waals surface area contributed by atoms with Crippen molar-refractivity contribution in [2.75, 3.05) is 18.9 Å². The molecule has 1 atom stereocenters. The molecule has 3 N–H and O–H groups in total. The minimum atomic E-state index is -3.58. The maximum atomic E-state index is 13.1. The maximum absolute atomic E-state index is 13.1. The van der Waals surface area contributed by atoms with Crippen molar-refractivity contribution in [3.8, 4) is 0 Å². The Morgan fingerprint density at radius 3 is 2.71 bits per heavy atom. The largest absolute Gasteiger partial charge is 0.398 e. The van der Waals surface area contributed by atoms with Crippen LogP contribution in [0.1, 0.15) is 36.8 Å². The zero-order chi connectivity index (χ0) is 15.6. The summed E-state index contributed by atoms with van der Waals surface area (Å²) in [5.74, 6) is 0. The molecule has 1 aliphatic rings. The molecule has 1 aromatic carbocycles. The van der Waals surface area contributed by atoms with Crippen LogP contribution < -0.4 is 5.73 Å². The smallest absolute Gasteiger partial charge is 0.243 e. The van der Waals surface area contributed by atoms with Gasteiger partial charge in [0, 0.05) is 24.9 Å². The number of aliphatic hydroxyl groups excluding tert-OH is 1. The van der Waals surface area contributed by atoms with Gasteiger partial charge in [0.05, 0.1) is 4.90 Å². The minimum Gasteiger partial charge on any atom is -0.398 e. The fourth-order valence-corrected chi connectivity index (χ4v) is 5.27. The van der Waals surface area contributed by atoms with Crippen LogP contribution in [0, 0.1) is 13.8 Å². The fraction of sp³-hybridized carbons (Fsp3) is 0.600. The van der Waals surface area contributed by atoms with Gasteiger partial charge >= 0.3 is 0 Å². The van der Waals surface area contributed by atoms with Crippen molar-refractivity contribution < 1.29 is 13.5 Å². The number of rotatable bonds is 4. The van der Waals surface area contributed by atoms with Gasteiger partial charge in [-0.3, -0.25) is 0 Å². The SMILES string of the molecule is Cc1ccc(N)c(C)c1S(=O)(=O)N1CCCCC1CCO. The molecule has 1 heterocycles. The highest BCUT2D eigenvalue weighted by atomic mass is 32.2. The molecule has 1 unspecified atom stereocenters. The zero-order valence-electron chi connectivity index (χ0n) is 12.7. The summed E-state index contributed by atoms with van der Waals surface area (Å²) in [5.41, 5.74) is 7.71. The molecule has 2 rings (SSSR count). The molecule has 5 nitrogen and oxygen atoms in total. The molecule has 118 valence electrons. The van der Waals surface area contributed by atoms with E-state index in [9.17, 15) is 13.5 Å². The molecule has 0 radical (unpaired) electrons. The zero-order valence-corrected chi connectivity index (χ0v) is 13.5. The molecule has 0 spiro atoms. The number of hydrogen-bond acceptors (Lipinski definition) is 4. The van der Waals surface area contributed by atoms with Gasteiger partial charge in [-0.15, -0.1) is 0 Å². The topological polar surface area (TPSA) is 83.6 Å². The highest BCUT2D eigenvalue weighted by Crippen LogP contribution is 2.32. The molecule has 0 aliphatic carbocycles. The van der Waals surface area contributed by atoms with Gasteiger partial charge in [0.1, 0.15) is 0 Å². The Hall–Kier alpha value is -1.11. The van der Waals surface area contributed by atoms with Gasteiger partial charge in [-0.25, -0.2) is 8.42 Å².